The third-order valence-corrected chi connectivity index (χ3v) is 24.2. The summed E-state index contributed by atoms with van der Waals surface area (Å²) in [7, 11) is 0. The summed E-state index contributed by atoms with van der Waals surface area (Å²) in [5.41, 5.74) is 68.1. The molecule has 0 unspecified atom stereocenters. The zero-order valence-corrected chi connectivity index (χ0v) is 88.4. The predicted octanol–water partition coefficient (Wildman–Crippen LogP) is 38.5. The fraction of sp³-hybridized carbons (Fsp3) is 0.537. The van der Waals surface area contributed by atoms with E-state index in [4.69, 9.17) is 0 Å². The standard InChI is InChI=1S/C43H66N2.2C34H48N2.2C3H5.2C2H5.2Pd/c1-6-11-16-21-25-36-28-35(23-18-13-8-3)30-40(31-36)42-34-39(27-20-15-10-5)43(45(42)44)41-32-37(24-19-14-9-4)29-38(33-41)26-22-17-12-7-2;2*1-6-9-12-13-14-15-18-30-25-33(31-21-26(4)19-28(23-31)16-10-7-2)36(35)34(30)32-22-27(5)20-29(24-32)17-11-8-3;2*1-3-2;2*1-2;;/h28-34H,6-27H2,1-5H3;2*19-25H,6-18H2,1-5H3;2*3H,1-2H2;2*1H2,2H3;;/q;;;4*-1;2*+2. The van der Waals surface area contributed by atoms with Crippen LogP contribution in [0.1, 0.15) is 447 Å². The Morgan fingerprint density at radius 2 is 0.380 bits per heavy atom. The minimum atomic E-state index is 0. The van der Waals surface area contributed by atoms with Crippen LogP contribution in [-0.2, 0) is 92.2 Å². The molecule has 0 atom stereocenters. The van der Waals surface area contributed by atoms with Crippen molar-refractivity contribution in [2.75, 3.05) is 0 Å². The van der Waals surface area contributed by atoms with Crippen molar-refractivity contribution in [3.8, 4) is 0 Å². The van der Waals surface area contributed by atoms with Crippen molar-refractivity contribution in [2.24, 2.45) is 0 Å². The van der Waals surface area contributed by atoms with Crippen LogP contribution < -0.4 is 0 Å². The molecule has 9 rings (SSSR count). The maximum atomic E-state index is 12.1. The van der Waals surface area contributed by atoms with Crippen LogP contribution >= 0.6 is 0 Å². The van der Waals surface area contributed by atoms with E-state index < -0.39 is 0 Å². The molecule has 0 spiro atoms. The Labute approximate surface area is 822 Å². The number of hydrogen-bond donors (Lipinski definition) is 0. The summed E-state index contributed by atoms with van der Waals surface area (Å²) in [5, 5.41) is 0. The van der Waals surface area contributed by atoms with E-state index in [0.29, 0.717) is 0 Å². The molecule has 3 aliphatic heterocycles. The molecule has 0 saturated heterocycles. The van der Waals surface area contributed by atoms with Gasteiger partial charge in [-0.15, -0.1) is 0 Å². The first-order valence-corrected chi connectivity index (χ1v) is 51.5. The predicted molar refractivity (Wildman–Crippen MR) is 563 cm³/mol. The first-order valence-electron chi connectivity index (χ1n) is 51.5. The second-order valence-electron chi connectivity index (χ2n) is 36.1. The smallest absolute Gasteiger partial charge is 0.493 e. The molecule has 0 aromatic heterocycles. The van der Waals surface area contributed by atoms with E-state index in [1.165, 1.54) is 347 Å². The van der Waals surface area contributed by atoms with E-state index in [9.17, 15) is 16.6 Å². The molecule has 6 aromatic carbocycles. The van der Waals surface area contributed by atoms with Crippen LogP contribution in [-0.4, -0.2) is 14.1 Å². The fourth-order valence-electron chi connectivity index (χ4n) is 17.7. The van der Waals surface area contributed by atoms with Crippen molar-refractivity contribution in [3.63, 3.8) is 0 Å². The molecular weight excluding hydrogens is 1750 g/mol. The molecule has 0 bridgehead atoms. The van der Waals surface area contributed by atoms with Gasteiger partial charge in [-0.3, -0.25) is 0 Å². The van der Waals surface area contributed by atoms with Crippen LogP contribution in [0.2, 0.25) is 0 Å². The van der Waals surface area contributed by atoms with Gasteiger partial charge in [0.05, 0.1) is 0 Å². The monoisotopic (exact) mass is 1930 g/mol. The maximum Gasteiger partial charge on any atom is 2.00 e. The van der Waals surface area contributed by atoms with Gasteiger partial charge in [-0.1, -0.05) is 302 Å². The summed E-state index contributed by atoms with van der Waals surface area (Å²) in [6.45, 7) is 56.6. The molecule has 8 heteroatoms. The molecule has 3 heterocycles. The van der Waals surface area contributed by atoms with Crippen LogP contribution in [0, 0.1) is 55.4 Å². The molecule has 716 valence electrons. The molecule has 0 fully saturated rings. The maximum absolute atomic E-state index is 12.1. The van der Waals surface area contributed by atoms with Crippen LogP contribution in [0.4, 0.5) is 0 Å². The number of benzene rings is 6. The molecule has 3 aliphatic rings. The van der Waals surface area contributed by atoms with Gasteiger partial charge in [0, 0.05) is 68.3 Å². The first-order chi connectivity index (χ1) is 61.8. The van der Waals surface area contributed by atoms with Crippen molar-refractivity contribution in [3.05, 3.63) is 314 Å². The number of hydrogen-bond acceptors (Lipinski definition) is 0. The van der Waals surface area contributed by atoms with Crippen LogP contribution in [0.3, 0.4) is 0 Å². The molecule has 0 saturated carbocycles. The summed E-state index contributed by atoms with van der Waals surface area (Å²) in [4.78, 5) is 0. The quantitative estimate of drug-likeness (QED) is 0.0158. The van der Waals surface area contributed by atoms with Crippen molar-refractivity contribution in [1.29, 1.82) is 0 Å². The molecule has 0 N–H and O–H groups in total. The second-order valence-corrected chi connectivity index (χ2v) is 36.1. The van der Waals surface area contributed by atoms with E-state index in [1.807, 2.05) is 0 Å². The topological polar surface area (TPSA) is 75.9 Å². The van der Waals surface area contributed by atoms with Crippen LogP contribution in [0.15, 0.2) is 169 Å². The Morgan fingerprint density at radius 3 is 0.628 bits per heavy atom. The minimum Gasteiger partial charge on any atom is -0.493 e. The number of rotatable bonds is 54. The van der Waals surface area contributed by atoms with Gasteiger partial charge >= 0.3 is 40.8 Å². The van der Waals surface area contributed by atoms with Gasteiger partial charge in [-0.2, -0.15) is 13.8 Å². The van der Waals surface area contributed by atoms with Gasteiger partial charge in [0.1, 0.15) is 0 Å². The van der Waals surface area contributed by atoms with Gasteiger partial charge in [-0.25, -0.2) is 53.2 Å². The number of aryl methyl sites for hydroxylation is 12. The van der Waals surface area contributed by atoms with E-state index in [1.54, 1.807) is 18.5 Å². The number of unbranched alkanes of at least 4 members (excludes halogenated alkanes) is 26. The zero-order chi connectivity index (χ0) is 93.5. The molecule has 0 aliphatic carbocycles. The van der Waals surface area contributed by atoms with Crippen molar-refractivity contribution >= 4 is 34.2 Å². The number of nitrogens with zero attached hydrogens (tertiary/aromatic N) is 6. The first kappa shape index (κ1) is 120. The van der Waals surface area contributed by atoms with Gasteiger partial charge in [-0.05, 0) is 286 Å². The summed E-state index contributed by atoms with van der Waals surface area (Å²) in [5.74, 6) is 0. The van der Waals surface area contributed by atoms with Gasteiger partial charge in [0.2, 0.25) is 34.2 Å². The molecule has 6 aromatic rings. The van der Waals surface area contributed by atoms with Crippen molar-refractivity contribution in [2.45, 2.75) is 426 Å². The molecule has 0 amide bonds. The average molecular weight is 1930 g/mol. The van der Waals surface area contributed by atoms with Gasteiger partial charge in [0.15, 0.2) is 0 Å². The molecule has 129 heavy (non-hydrogen) atoms. The Hall–Kier alpha value is -6.90. The normalized spacial score (nSPS) is 12.5. The Bertz CT molecular complexity index is 4210. The van der Waals surface area contributed by atoms with Gasteiger partial charge in [0.25, 0.3) is 0 Å². The zero-order valence-electron chi connectivity index (χ0n) is 85.3. The third kappa shape index (κ3) is 44.7. The summed E-state index contributed by atoms with van der Waals surface area (Å²) in [6.07, 6.45) is 68.0. The molecular formula is C121H182N6Pd2. The van der Waals surface area contributed by atoms with E-state index in [2.05, 4.69) is 272 Å². The fourth-order valence-corrected chi connectivity index (χ4v) is 17.7. The Balaban J connectivity index is 0.000000919. The van der Waals surface area contributed by atoms with Crippen LogP contribution in [0.5, 0.6) is 0 Å². The minimum absolute atomic E-state index is 0. The summed E-state index contributed by atoms with van der Waals surface area (Å²) in [6, 6.07) is 41.7. The SMILES string of the molecule is C=C[CH2-].C=C[CH2-].CCCCCCCCC1=C(c2cc(C)cc(CCCC)c2)[N+](=[N-])C(c2cc(C)cc(CCCC)c2)=C1.CCCCCCCCC1=C(c2cc(C)cc(CCCC)c2)[N+](=[N-])C(c2cc(C)cc(CCCC)c2)=C1.CCCCCCc1cc(CCCCC)cc(C2=CC(CCCCC)=C(c3cc(CCCCC)cc(CCCCCC)c3)[N+]2=[N-])c1.[CH2-]C.[CH2-]C.[Pd+2].[Pd+2]. The van der Waals surface area contributed by atoms with E-state index >= 15 is 0 Å². The largest absolute Gasteiger partial charge is 2.00 e. The van der Waals surface area contributed by atoms with Gasteiger partial charge < -0.3 is 30.4 Å². The summed E-state index contributed by atoms with van der Waals surface area (Å²) >= 11 is 0. The number of allylic oxidation sites excluding steroid dienone is 8. The van der Waals surface area contributed by atoms with Crippen molar-refractivity contribution in [1.82, 2.24) is 0 Å². The second kappa shape index (κ2) is 73.6. The summed E-state index contributed by atoms with van der Waals surface area (Å²) < 4.78 is 4.55. The van der Waals surface area contributed by atoms with Crippen LogP contribution in [0.25, 0.3) is 50.8 Å². The Kier molecular flexibility index (Phi) is 68.5. The van der Waals surface area contributed by atoms with Crippen molar-refractivity contribution < 1.29 is 54.9 Å². The molecule has 6 nitrogen and oxygen atoms in total. The van der Waals surface area contributed by atoms with E-state index in [0.717, 1.165) is 133 Å². The van der Waals surface area contributed by atoms with E-state index in [-0.39, 0.29) is 40.8 Å². The molecule has 0 radical (unpaired) electrons. The Morgan fingerprint density at radius 1 is 0.225 bits per heavy atom. The third-order valence-electron chi connectivity index (χ3n) is 24.2. The average Bonchev–Trinajstić information content (AvgIpc) is 1.64.